The van der Waals surface area contributed by atoms with Crippen molar-refractivity contribution in [3.05, 3.63) is 47.2 Å². The fourth-order valence-electron chi connectivity index (χ4n) is 3.03. The molecule has 6 nitrogen and oxygen atoms in total. The van der Waals surface area contributed by atoms with Crippen LogP contribution in [0.4, 0.5) is 9.52 Å². The first kappa shape index (κ1) is 18.6. The lowest BCUT2D eigenvalue weighted by atomic mass is 10.1. The quantitative estimate of drug-likeness (QED) is 0.639. The molecule has 1 atom stereocenters. The average molecular weight is 377 g/mol. The molecule has 140 valence electrons. The molecule has 26 heavy (non-hydrogen) atoms. The molecule has 1 aromatic carbocycles. The van der Waals surface area contributed by atoms with Crippen molar-refractivity contribution in [3.63, 3.8) is 0 Å². The maximum Gasteiger partial charge on any atom is 0.191 e. The zero-order valence-electron chi connectivity index (χ0n) is 15.2. The number of benzene rings is 1. The van der Waals surface area contributed by atoms with E-state index in [9.17, 15) is 4.39 Å². The van der Waals surface area contributed by atoms with Crippen LogP contribution in [-0.2, 0) is 0 Å². The predicted molar refractivity (Wildman–Crippen MR) is 105 cm³/mol. The van der Waals surface area contributed by atoms with Crippen LogP contribution in [0, 0.1) is 5.82 Å². The Morgan fingerprint density at radius 1 is 1.27 bits per heavy atom. The van der Waals surface area contributed by atoms with Gasteiger partial charge in [-0.05, 0) is 31.8 Å². The number of hydrogen-bond donors (Lipinski definition) is 1. The summed E-state index contributed by atoms with van der Waals surface area (Å²) in [7, 11) is 3.99. The van der Waals surface area contributed by atoms with Crippen LogP contribution in [0.2, 0.25) is 0 Å². The van der Waals surface area contributed by atoms with Crippen LogP contribution >= 0.6 is 11.3 Å². The molecule has 1 saturated heterocycles. The number of nitrogens with two attached hydrogens (primary N) is 1. The number of nitrogens with zero attached hydrogens (tertiary/aromatic N) is 5. The van der Waals surface area contributed by atoms with Gasteiger partial charge < -0.3 is 20.4 Å². The first-order valence-electron chi connectivity index (χ1n) is 8.66. The molecular formula is C18H25FN6S. The van der Waals surface area contributed by atoms with E-state index in [1.165, 1.54) is 12.1 Å². The van der Waals surface area contributed by atoms with Crippen molar-refractivity contribution < 1.29 is 4.39 Å². The number of aliphatic imine (C=N–C) groups is 1. The standard InChI is InChI=1S/C18H25FN6S/c1-23(2)16(14-3-5-15(19)6-4-14)13-22-17(20)24-8-10-25(11-9-24)18-21-7-12-26-18/h3-7,12,16H,8-11,13H2,1-2H3,(H2,20,22). The molecule has 1 aliphatic heterocycles. The maximum absolute atomic E-state index is 13.2. The van der Waals surface area contributed by atoms with E-state index in [4.69, 9.17) is 5.73 Å². The van der Waals surface area contributed by atoms with Crippen molar-refractivity contribution in [2.24, 2.45) is 10.7 Å². The van der Waals surface area contributed by atoms with Crippen molar-refractivity contribution in [2.45, 2.75) is 6.04 Å². The van der Waals surface area contributed by atoms with Gasteiger partial charge in [0.25, 0.3) is 0 Å². The molecular weight excluding hydrogens is 351 g/mol. The lowest BCUT2D eigenvalue weighted by molar-refractivity contribution is 0.304. The summed E-state index contributed by atoms with van der Waals surface area (Å²) in [6, 6.07) is 6.63. The predicted octanol–water partition coefficient (Wildman–Crippen LogP) is 2.02. The van der Waals surface area contributed by atoms with Gasteiger partial charge in [-0.1, -0.05) is 12.1 Å². The highest BCUT2D eigenvalue weighted by Crippen LogP contribution is 2.20. The first-order chi connectivity index (χ1) is 12.5. The van der Waals surface area contributed by atoms with Gasteiger partial charge in [0.2, 0.25) is 0 Å². The summed E-state index contributed by atoms with van der Waals surface area (Å²) in [5.74, 6) is 0.338. The normalized spacial score (nSPS) is 17.0. The summed E-state index contributed by atoms with van der Waals surface area (Å²) < 4.78 is 13.2. The lowest BCUT2D eigenvalue weighted by Crippen LogP contribution is -2.51. The fourth-order valence-corrected chi connectivity index (χ4v) is 3.73. The average Bonchev–Trinajstić information content (AvgIpc) is 3.18. The van der Waals surface area contributed by atoms with E-state index in [0.29, 0.717) is 12.5 Å². The molecule has 0 bridgehead atoms. The molecule has 3 rings (SSSR count). The molecule has 1 unspecified atom stereocenters. The van der Waals surface area contributed by atoms with E-state index in [1.54, 1.807) is 23.5 Å². The van der Waals surface area contributed by atoms with Gasteiger partial charge >= 0.3 is 0 Å². The molecule has 1 aromatic heterocycles. The topological polar surface area (TPSA) is 61.0 Å². The number of aromatic nitrogens is 1. The zero-order valence-corrected chi connectivity index (χ0v) is 16.0. The van der Waals surface area contributed by atoms with Crippen molar-refractivity contribution in [1.29, 1.82) is 0 Å². The van der Waals surface area contributed by atoms with Gasteiger partial charge in [-0.2, -0.15) is 0 Å². The number of guanidine groups is 1. The largest absolute Gasteiger partial charge is 0.370 e. The summed E-state index contributed by atoms with van der Waals surface area (Å²) in [4.78, 5) is 15.4. The zero-order chi connectivity index (χ0) is 18.5. The minimum absolute atomic E-state index is 0.0609. The highest BCUT2D eigenvalue weighted by molar-refractivity contribution is 7.13. The number of thiazole rings is 1. The lowest BCUT2D eigenvalue weighted by Gasteiger charge is -2.35. The van der Waals surface area contributed by atoms with Crippen molar-refractivity contribution in [3.8, 4) is 0 Å². The van der Waals surface area contributed by atoms with Gasteiger partial charge in [0.15, 0.2) is 11.1 Å². The number of anilines is 1. The molecule has 2 heterocycles. The van der Waals surface area contributed by atoms with Crippen LogP contribution in [-0.4, -0.2) is 67.6 Å². The Morgan fingerprint density at radius 2 is 1.96 bits per heavy atom. The molecule has 0 amide bonds. The van der Waals surface area contributed by atoms with Gasteiger partial charge in [0, 0.05) is 37.8 Å². The van der Waals surface area contributed by atoms with E-state index in [-0.39, 0.29) is 11.9 Å². The smallest absolute Gasteiger partial charge is 0.191 e. The molecule has 1 fully saturated rings. The first-order valence-corrected chi connectivity index (χ1v) is 9.54. The summed E-state index contributed by atoms with van der Waals surface area (Å²) in [6.07, 6.45) is 1.83. The Kier molecular flexibility index (Phi) is 6.05. The Labute approximate surface area is 157 Å². The van der Waals surface area contributed by atoms with Crippen molar-refractivity contribution in [2.75, 3.05) is 51.7 Å². The van der Waals surface area contributed by atoms with Crippen LogP contribution in [0.3, 0.4) is 0 Å². The third-order valence-electron chi connectivity index (χ3n) is 4.60. The molecule has 1 aliphatic rings. The molecule has 0 aliphatic carbocycles. The van der Waals surface area contributed by atoms with E-state index < -0.39 is 0 Å². The van der Waals surface area contributed by atoms with Crippen LogP contribution in [0.15, 0.2) is 40.8 Å². The highest BCUT2D eigenvalue weighted by atomic mass is 32.1. The minimum Gasteiger partial charge on any atom is -0.370 e. The second-order valence-corrected chi connectivity index (χ2v) is 7.39. The number of halogens is 1. The Bertz CT molecular complexity index is 708. The summed E-state index contributed by atoms with van der Waals surface area (Å²) in [5.41, 5.74) is 7.26. The number of piperazine rings is 1. The van der Waals surface area contributed by atoms with Crippen molar-refractivity contribution in [1.82, 2.24) is 14.8 Å². The second kappa shape index (κ2) is 8.46. The fraction of sp³-hybridized carbons (Fsp3) is 0.444. The molecule has 0 spiro atoms. The monoisotopic (exact) mass is 376 g/mol. The van der Waals surface area contributed by atoms with Gasteiger partial charge in [0.1, 0.15) is 5.82 Å². The van der Waals surface area contributed by atoms with Crippen LogP contribution in [0.5, 0.6) is 0 Å². The molecule has 8 heteroatoms. The SMILES string of the molecule is CN(C)C(CN=C(N)N1CCN(c2nccs2)CC1)c1ccc(F)cc1. The number of hydrogen-bond acceptors (Lipinski definition) is 5. The molecule has 0 saturated carbocycles. The van der Waals surface area contributed by atoms with Gasteiger partial charge in [-0.3, -0.25) is 4.99 Å². The summed E-state index contributed by atoms with van der Waals surface area (Å²) >= 11 is 1.66. The van der Waals surface area contributed by atoms with Crippen LogP contribution < -0.4 is 10.6 Å². The summed E-state index contributed by atoms with van der Waals surface area (Å²) in [5, 5.41) is 3.05. The minimum atomic E-state index is -0.229. The van der Waals surface area contributed by atoms with E-state index >= 15 is 0 Å². The summed E-state index contributed by atoms with van der Waals surface area (Å²) in [6.45, 7) is 3.98. The van der Waals surface area contributed by atoms with E-state index in [1.807, 2.05) is 25.7 Å². The second-order valence-electron chi connectivity index (χ2n) is 6.52. The Hall–Kier alpha value is -2.19. The highest BCUT2D eigenvalue weighted by Gasteiger charge is 2.20. The molecule has 2 N–H and O–H groups in total. The van der Waals surface area contributed by atoms with Crippen LogP contribution in [0.1, 0.15) is 11.6 Å². The Balaban J connectivity index is 1.59. The van der Waals surface area contributed by atoms with Gasteiger partial charge in [0.05, 0.1) is 12.6 Å². The molecule has 2 aromatic rings. The van der Waals surface area contributed by atoms with E-state index in [2.05, 4.69) is 24.7 Å². The Morgan fingerprint density at radius 3 is 2.54 bits per heavy atom. The number of rotatable bonds is 5. The van der Waals surface area contributed by atoms with E-state index in [0.717, 1.165) is 36.9 Å². The van der Waals surface area contributed by atoms with Crippen molar-refractivity contribution >= 4 is 22.4 Å². The number of likely N-dealkylation sites (N-methyl/N-ethyl adjacent to an activating group) is 1. The maximum atomic E-state index is 13.2. The third-order valence-corrected chi connectivity index (χ3v) is 5.43. The van der Waals surface area contributed by atoms with Gasteiger partial charge in [-0.15, -0.1) is 11.3 Å². The van der Waals surface area contributed by atoms with Gasteiger partial charge in [-0.25, -0.2) is 9.37 Å². The third kappa shape index (κ3) is 4.50. The van der Waals surface area contributed by atoms with Crippen LogP contribution in [0.25, 0.3) is 0 Å². The molecule has 0 radical (unpaired) electrons.